The molecule has 0 aliphatic rings. The van der Waals surface area contributed by atoms with Gasteiger partial charge in [-0.1, -0.05) is 141 Å². The van der Waals surface area contributed by atoms with Gasteiger partial charge in [0.2, 0.25) is 0 Å². The van der Waals surface area contributed by atoms with Crippen molar-refractivity contribution in [3.63, 3.8) is 0 Å². The molecule has 0 radical (unpaired) electrons. The lowest BCUT2D eigenvalue weighted by Crippen LogP contribution is -2.21. The van der Waals surface area contributed by atoms with Gasteiger partial charge in [-0.25, -0.2) is 0 Å². The molecule has 0 bridgehead atoms. The Morgan fingerprint density at radius 3 is 1.56 bits per heavy atom. The van der Waals surface area contributed by atoms with Crippen LogP contribution < -0.4 is 0 Å². The van der Waals surface area contributed by atoms with Crippen molar-refractivity contribution in [3.05, 3.63) is 24.1 Å². The molecule has 0 aromatic carbocycles. The predicted molar refractivity (Wildman–Crippen MR) is 205 cm³/mol. The highest BCUT2D eigenvalue weighted by atomic mass is 16.5. The van der Waals surface area contributed by atoms with E-state index in [0.717, 1.165) is 50.9 Å². The number of allylic oxidation sites excluding steroid dienone is 1. The summed E-state index contributed by atoms with van der Waals surface area (Å²) in [5.74, 6) is 1.80. The van der Waals surface area contributed by atoms with Gasteiger partial charge in [-0.2, -0.15) is 0 Å². The molecular formula is C43H79NO4. The van der Waals surface area contributed by atoms with Crippen molar-refractivity contribution in [2.75, 3.05) is 33.9 Å². The molecule has 0 saturated carbocycles. The number of hydrogen-bond donors (Lipinski definition) is 0. The molecule has 0 aromatic heterocycles. The molecule has 48 heavy (non-hydrogen) atoms. The molecule has 3 unspecified atom stereocenters. The smallest absolute Gasteiger partial charge is 0.305 e. The van der Waals surface area contributed by atoms with Crippen LogP contribution in [0, 0.1) is 17.8 Å². The normalized spacial score (nSPS) is 13.0. The first-order valence-electron chi connectivity index (χ1n) is 20.4. The minimum absolute atomic E-state index is 0.00661. The van der Waals surface area contributed by atoms with Gasteiger partial charge in [-0.15, -0.1) is 0 Å². The predicted octanol–water partition coefficient (Wildman–Crippen LogP) is 12.2. The van der Waals surface area contributed by atoms with Crippen molar-refractivity contribution in [1.82, 2.24) is 4.90 Å². The summed E-state index contributed by atoms with van der Waals surface area (Å²) in [7, 11) is 4.41. The van der Waals surface area contributed by atoms with E-state index < -0.39 is 0 Å². The van der Waals surface area contributed by atoms with Crippen molar-refractivity contribution in [2.45, 2.75) is 188 Å². The van der Waals surface area contributed by atoms with Crippen molar-refractivity contribution in [1.29, 1.82) is 0 Å². The Balaban J connectivity index is 3.78. The molecule has 3 atom stereocenters. The van der Waals surface area contributed by atoms with Crippen LogP contribution in [0.25, 0.3) is 0 Å². The first-order valence-corrected chi connectivity index (χ1v) is 20.4. The van der Waals surface area contributed by atoms with E-state index in [1.54, 1.807) is 0 Å². The highest BCUT2D eigenvalue weighted by Crippen LogP contribution is 2.21. The van der Waals surface area contributed by atoms with E-state index in [4.69, 9.17) is 9.47 Å². The summed E-state index contributed by atoms with van der Waals surface area (Å²) in [6, 6.07) is 0. The zero-order chi connectivity index (χ0) is 35.5. The Kier molecular flexibility index (Phi) is 33.7. The minimum Gasteiger partial charge on any atom is -0.466 e. The van der Waals surface area contributed by atoms with Gasteiger partial charge in [0.25, 0.3) is 0 Å². The molecule has 0 saturated heterocycles. The molecule has 0 fully saturated rings. The molecule has 0 spiro atoms. The molecule has 0 aliphatic carbocycles. The third-order valence-corrected chi connectivity index (χ3v) is 9.64. The Bertz CT molecular complexity index is 827. The monoisotopic (exact) mass is 674 g/mol. The van der Waals surface area contributed by atoms with Gasteiger partial charge in [0, 0.05) is 19.4 Å². The molecule has 280 valence electrons. The lowest BCUT2D eigenvalue weighted by molar-refractivity contribution is -0.145. The second-order valence-electron chi connectivity index (χ2n) is 14.8. The number of nitrogens with zero attached hydrogens (tertiary/aromatic N) is 1. The van der Waals surface area contributed by atoms with Gasteiger partial charge in [0.05, 0.1) is 13.2 Å². The van der Waals surface area contributed by atoms with Crippen molar-refractivity contribution in [2.24, 2.45) is 17.8 Å². The minimum atomic E-state index is -0.0493. The molecule has 0 aromatic rings. The fraction of sp³-hybridized carbons (Fsp3) is 0.860. The van der Waals surface area contributed by atoms with Crippen LogP contribution in [0.1, 0.15) is 188 Å². The van der Waals surface area contributed by atoms with Gasteiger partial charge in [0.15, 0.2) is 0 Å². The third kappa shape index (κ3) is 32.7. The molecule has 0 amide bonds. The summed E-state index contributed by atoms with van der Waals surface area (Å²) in [6.07, 6.45) is 32.0. The molecule has 5 nitrogen and oxygen atoms in total. The highest BCUT2D eigenvalue weighted by molar-refractivity contribution is 5.69. The average molecular weight is 674 g/mol. The van der Waals surface area contributed by atoms with Crippen LogP contribution in [0.3, 0.4) is 0 Å². The van der Waals surface area contributed by atoms with Gasteiger partial charge >= 0.3 is 11.9 Å². The SMILES string of the molecule is C=C=C=CC(CCCC)CCOC(=O)CCCCCCCCCC(CCCCCCCCCC(=O)OCCC(C)CCCC)CN(C)C. The number of esters is 2. The Hall–Kier alpha value is -1.80. The summed E-state index contributed by atoms with van der Waals surface area (Å²) in [4.78, 5) is 26.5. The number of carbonyl (C=O) groups excluding carboxylic acids is 2. The number of hydrogen-bond acceptors (Lipinski definition) is 5. The third-order valence-electron chi connectivity index (χ3n) is 9.64. The van der Waals surface area contributed by atoms with E-state index in [1.807, 2.05) is 6.08 Å². The van der Waals surface area contributed by atoms with Crippen LogP contribution in [0.5, 0.6) is 0 Å². The van der Waals surface area contributed by atoms with Crippen LogP contribution in [0.4, 0.5) is 0 Å². The van der Waals surface area contributed by atoms with Crippen LogP contribution in [0.2, 0.25) is 0 Å². The van der Waals surface area contributed by atoms with E-state index in [0.29, 0.717) is 37.9 Å². The molecule has 0 rings (SSSR count). The molecule has 0 heterocycles. The zero-order valence-corrected chi connectivity index (χ0v) is 32.6. The Morgan fingerprint density at radius 1 is 0.625 bits per heavy atom. The van der Waals surface area contributed by atoms with Crippen molar-refractivity contribution < 1.29 is 19.1 Å². The maximum absolute atomic E-state index is 12.1. The van der Waals surface area contributed by atoms with Crippen LogP contribution >= 0.6 is 0 Å². The number of unbranched alkanes of at least 4 members (excludes halogenated alkanes) is 14. The van der Waals surface area contributed by atoms with Crippen molar-refractivity contribution >= 4 is 11.9 Å². The summed E-state index contributed by atoms with van der Waals surface area (Å²) >= 11 is 0. The second-order valence-corrected chi connectivity index (χ2v) is 14.8. The van der Waals surface area contributed by atoms with Crippen molar-refractivity contribution in [3.8, 4) is 0 Å². The maximum Gasteiger partial charge on any atom is 0.305 e. The summed E-state index contributed by atoms with van der Waals surface area (Å²) in [6.45, 7) is 12.6. The zero-order valence-electron chi connectivity index (χ0n) is 32.6. The quantitative estimate of drug-likeness (QED) is 0.0381. The largest absolute Gasteiger partial charge is 0.466 e. The summed E-state index contributed by atoms with van der Waals surface area (Å²) in [5.41, 5.74) is 5.66. The second kappa shape index (κ2) is 35.0. The van der Waals surface area contributed by atoms with E-state index in [-0.39, 0.29) is 11.9 Å². The molecule has 0 N–H and O–H groups in total. The molecule has 0 aliphatic heterocycles. The average Bonchev–Trinajstić information content (AvgIpc) is 3.06. The number of rotatable bonds is 35. The van der Waals surface area contributed by atoms with Gasteiger partial charge in [-0.3, -0.25) is 9.59 Å². The lowest BCUT2D eigenvalue weighted by Gasteiger charge is -2.21. The topological polar surface area (TPSA) is 55.8 Å². The Labute approximate surface area is 298 Å². The number of ether oxygens (including phenoxy) is 2. The standard InChI is InChI=1S/C43H79NO4/c1-7-10-27-39(4)34-36-47-42(45)32-25-21-17-13-15-19-23-30-41(38-44(5)6)31-24-20-16-14-18-22-26-33-43(46)48-37-35-40(28-11-8-2)29-12-9-3/h28,39-41H,2,7,9-10,12-27,29-38H2,1,3-6H3. The fourth-order valence-electron chi connectivity index (χ4n) is 6.51. The fourth-order valence-corrected chi connectivity index (χ4v) is 6.51. The van der Waals surface area contributed by atoms with Gasteiger partial charge in [0.1, 0.15) is 0 Å². The van der Waals surface area contributed by atoms with E-state index in [2.05, 4.69) is 57.8 Å². The van der Waals surface area contributed by atoms with E-state index >= 15 is 0 Å². The lowest BCUT2D eigenvalue weighted by atomic mass is 9.93. The van der Waals surface area contributed by atoms with Crippen LogP contribution in [-0.4, -0.2) is 50.7 Å². The maximum atomic E-state index is 12.1. The first kappa shape index (κ1) is 46.2. The summed E-state index contributed by atoms with van der Waals surface area (Å²) in [5, 5.41) is 0. The summed E-state index contributed by atoms with van der Waals surface area (Å²) < 4.78 is 10.9. The van der Waals surface area contributed by atoms with E-state index in [1.165, 1.54) is 116 Å². The van der Waals surface area contributed by atoms with Crippen LogP contribution in [0.15, 0.2) is 24.1 Å². The number of carbonyl (C=O) groups is 2. The van der Waals surface area contributed by atoms with Gasteiger partial charge < -0.3 is 14.4 Å². The van der Waals surface area contributed by atoms with E-state index in [9.17, 15) is 9.59 Å². The first-order chi connectivity index (χ1) is 23.3. The molecular weight excluding hydrogens is 594 g/mol. The van der Waals surface area contributed by atoms with Gasteiger partial charge in [-0.05, 0) is 89.4 Å². The Morgan fingerprint density at radius 2 is 1.08 bits per heavy atom. The molecule has 5 heteroatoms. The van der Waals surface area contributed by atoms with Crippen LogP contribution in [-0.2, 0) is 19.1 Å². The highest BCUT2D eigenvalue weighted by Gasteiger charge is 2.11.